The van der Waals surface area contributed by atoms with Crippen molar-refractivity contribution in [2.24, 2.45) is 0 Å². The van der Waals surface area contributed by atoms with E-state index in [0.717, 1.165) is 6.42 Å². The van der Waals surface area contributed by atoms with Crippen LogP contribution in [0.2, 0.25) is 0 Å². The highest BCUT2D eigenvalue weighted by Crippen LogP contribution is 2.31. The van der Waals surface area contributed by atoms with Crippen LogP contribution in [0, 0.1) is 0 Å². The third kappa shape index (κ3) is 4.95. The first-order chi connectivity index (χ1) is 12.4. The summed E-state index contributed by atoms with van der Waals surface area (Å²) < 4.78 is 10.3. The van der Waals surface area contributed by atoms with Gasteiger partial charge < -0.3 is 9.47 Å². The molecule has 0 spiro atoms. The largest absolute Gasteiger partial charge is 0.359 e. The topological polar surface area (TPSA) is 18.5 Å². The molecule has 0 bridgehead atoms. The molecule has 128 valence electrons. The smallest absolute Gasteiger partial charge is 0.166 e. The molecule has 0 aliphatic rings. The first-order valence-corrected chi connectivity index (χ1v) is 9.61. The molecule has 0 atom stereocenters. The zero-order valence-corrected chi connectivity index (χ0v) is 15.2. The highest BCUT2D eigenvalue weighted by Gasteiger charge is 2.27. The average Bonchev–Trinajstić information content (AvgIpc) is 2.68. The molecule has 2 nitrogen and oxygen atoms in total. The molecule has 0 aliphatic heterocycles. The van der Waals surface area contributed by atoms with Gasteiger partial charge in [0.1, 0.15) is 6.79 Å². The summed E-state index contributed by atoms with van der Waals surface area (Å²) in [4.78, 5) is 4.01. The van der Waals surface area contributed by atoms with Crippen molar-refractivity contribution in [1.82, 2.24) is 0 Å². The van der Waals surface area contributed by atoms with Crippen LogP contribution in [-0.2, 0) is 26.8 Å². The third-order valence-electron chi connectivity index (χ3n) is 3.85. The van der Waals surface area contributed by atoms with Gasteiger partial charge in [0.25, 0.3) is 0 Å². The molecule has 0 amide bonds. The molecule has 0 aliphatic carbocycles. The fourth-order valence-electron chi connectivity index (χ4n) is 2.65. The van der Waals surface area contributed by atoms with E-state index in [1.807, 2.05) is 0 Å². The maximum atomic E-state index is 5.38. The van der Waals surface area contributed by atoms with Crippen LogP contribution in [0.4, 0.5) is 0 Å². The van der Waals surface area contributed by atoms with Gasteiger partial charge in [-0.15, -0.1) is 0 Å². The summed E-state index contributed by atoms with van der Waals surface area (Å²) in [5, 5.41) is 0. The summed E-state index contributed by atoms with van der Waals surface area (Å²) >= 11 is 0. The molecule has 0 saturated carbocycles. The second kappa shape index (κ2) is 9.42. The fourth-order valence-corrected chi connectivity index (χ4v) is 4.73. The van der Waals surface area contributed by atoms with Crippen LogP contribution < -0.4 is 0 Å². The fraction of sp³-hybridized carbons (Fsp3) is 0.182. The van der Waals surface area contributed by atoms with E-state index < -0.39 is 0 Å². The molecule has 0 saturated heterocycles. The van der Waals surface area contributed by atoms with Crippen molar-refractivity contribution in [3.63, 3.8) is 0 Å². The van der Waals surface area contributed by atoms with Crippen LogP contribution in [0.3, 0.4) is 0 Å². The van der Waals surface area contributed by atoms with E-state index in [0.29, 0.717) is 13.4 Å². The van der Waals surface area contributed by atoms with Crippen LogP contribution in [0.25, 0.3) is 0 Å². The maximum absolute atomic E-state index is 5.38. The highest BCUT2D eigenvalue weighted by molar-refractivity contribution is 7.97. The van der Waals surface area contributed by atoms with Crippen LogP contribution in [0.1, 0.15) is 5.56 Å². The summed E-state index contributed by atoms with van der Waals surface area (Å²) in [5.41, 5.74) is 1.28. The van der Waals surface area contributed by atoms with Crippen LogP contribution in [0.5, 0.6) is 0 Å². The molecule has 3 rings (SSSR count). The Morgan fingerprint density at radius 2 is 1.20 bits per heavy atom. The van der Waals surface area contributed by atoms with Crippen molar-refractivity contribution in [1.29, 1.82) is 0 Å². The molecule has 0 aromatic heterocycles. The second-order valence-electron chi connectivity index (χ2n) is 5.64. The van der Waals surface area contributed by atoms with E-state index >= 15 is 0 Å². The lowest BCUT2D eigenvalue weighted by Gasteiger charge is -2.09. The quantitative estimate of drug-likeness (QED) is 0.325. The number of methoxy groups -OCH3 is 1. The number of ether oxygens (including phenoxy) is 2. The van der Waals surface area contributed by atoms with Crippen molar-refractivity contribution in [2.75, 3.05) is 20.5 Å². The summed E-state index contributed by atoms with van der Waals surface area (Å²) in [5.74, 6) is 0. The van der Waals surface area contributed by atoms with Gasteiger partial charge in [-0.2, -0.15) is 0 Å². The predicted molar refractivity (Wildman–Crippen MR) is 103 cm³/mol. The first-order valence-electron chi connectivity index (χ1n) is 8.38. The van der Waals surface area contributed by atoms with Crippen LogP contribution in [-0.4, -0.2) is 20.5 Å². The minimum atomic E-state index is -0.0829. The predicted octanol–water partition coefficient (Wildman–Crippen LogP) is 4.95. The molecule has 3 aromatic carbocycles. The van der Waals surface area contributed by atoms with Gasteiger partial charge in [-0.1, -0.05) is 48.5 Å². The van der Waals surface area contributed by atoms with E-state index in [-0.39, 0.29) is 10.9 Å². The number of benzene rings is 3. The molecule has 0 unspecified atom stereocenters. The van der Waals surface area contributed by atoms with Gasteiger partial charge in [0.15, 0.2) is 14.7 Å². The Bertz CT molecular complexity index is 703. The Hall–Kier alpha value is -2.07. The molecule has 3 heteroatoms. The lowest BCUT2D eigenvalue weighted by Crippen LogP contribution is -2.05. The van der Waals surface area contributed by atoms with Crippen molar-refractivity contribution >= 4 is 10.9 Å². The molecular formula is C22H23O2S+. The zero-order valence-electron chi connectivity index (χ0n) is 14.4. The second-order valence-corrected chi connectivity index (χ2v) is 7.67. The highest BCUT2D eigenvalue weighted by atomic mass is 32.2. The summed E-state index contributed by atoms with van der Waals surface area (Å²) in [6, 6.07) is 30.3. The van der Waals surface area contributed by atoms with E-state index in [9.17, 15) is 0 Å². The normalized spacial score (nSPS) is 11.0. The molecule has 0 fully saturated rings. The van der Waals surface area contributed by atoms with Gasteiger partial charge in [0, 0.05) is 7.11 Å². The standard InChI is InChI=1S/C22H23O2S/c1-23-18-24-17-16-19-12-14-22(15-13-19)25(20-8-4-2-5-9-20)21-10-6-3-7-11-21/h2-15H,16-18H2,1H3/q+1. The van der Waals surface area contributed by atoms with Gasteiger partial charge in [-0.3, -0.25) is 0 Å². The van der Waals surface area contributed by atoms with Gasteiger partial charge in [0.2, 0.25) is 0 Å². The van der Waals surface area contributed by atoms with Crippen molar-refractivity contribution in [3.8, 4) is 0 Å². The van der Waals surface area contributed by atoms with Gasteiger partial charge in [-0.25, -0.2) is 0 Å². The Balaban J connectivity index is 1.82. The maximum Gasteiger partial charge on any atom is 0.166 e. The third-order valence-corrected chi connectivity index (χ3v) is 6.08. The summed E-state index contributed by atoms with van der Waals surface area (Å²) in [6.45, 7) is 1.03. The van der Waals surface area contributed by atoms with Gasteiger partial charge in [0.05, 0.1) is 17.5 Å². The lowest BCUT2D eigenvalue weighted by molar-refractivity contribution is -0.0291. The molecule has 3 aromatic rings. The summed E-state index contributed by atoms with van der Waals surface area (Å²) in [7, 11) is 1.56. The Morgan fingerprint density at radius 3 is 1.72 bits per heavy atom. The minimum absolute atomic E-state index is 0.0829. The minimum Gasteiger partial charge on any atom is -0.359 e. The molecular weight excluding hydrogens is 328 g/mol. The Labute approximate surface area is 152 Å². The van der Waals surface area contributed by atoms with Gasteiger partial charge >= 0.3 is 0 Å². The lowest BCUT2D eigenvalue weighted by atomic mass is 10.2. The molecule has 25 heavy (non-hydrogen) atoms. The number of hydrogen-bond acceptors (Lipinski definition) is 2. The first kappa shape index (κ1) is 17.7. The number of hydrogen-bond donors (Lipinski definition) is 0. The zero-order chi connectivity index (χ0) is 17.3. The van der Waals surface area contributed by atoms with E-state index in [1.165, 1.54) is 20.2 Å². The van der Waals surface area contributed by atoms with Crippen molar-refractivity contribution < 1.29 is 9.47 Å². The van der Waals surface area contributed by atoms with Crippen molar-refractivity contribution in [3.05, 3.63) is 90.5 Å². The van der Waals surface area contributed by atoms with Crippen LogP contribution >= 0.6 is 0 Å². The van der Waals surface area contributed by atoms with E-state index in [4.69, 9.17) is 9.47 Å². The van der Waals surface area contributed by atoms with Crippen molar-refractivity contribution in [2.45, 2.75) is 21.1 Å². The van der Waals surface area contributed by atoms with E-state index in [1.54, 1.807) is 7.11 Å². The van der Waals surface area contributed by atoms with Gasteiger partial charge in [-0.05, 0) is 48.4 Å². The number of rotatable bonds is 8. The monoisotopic (exact) mass is 351 g/mol. The Morgan fingerprint density at radius 1 is 0.680 bits per heavy atom. The molecule has 0 N–H and O–H groups in total. The summed E-state index contributed by atoms with van der Waals surface area (Å²) in [6.07, 6.45) is 0.897. The van der Waals surface area contributed by atoms with E-state index in [2.05, 4.69) is 84.9 Å². The molecule has 0 radical (unpaired) electrons. The molecule has 0 heterocycles. The van der Waals surface area contributed by atoms with Crippen LogP contribution in [0.15, 0.2) is 99.6 Å². The SMILES string of the molecule is COCOCCc1ccc([S+](c2ccccc2)c2ccccc2)cc1. The Kier molecular flexibility index (Phi) is 6.69. The average molecular weight is 351 g/mol.